The molecule has 1 aliphatic rings. The Kier molecular flexibility index (Phi) is 4.82. The van der Waals surface area contributed by atoms with Crippen LogP contribution >= 0.6 is 0 Å². The summed E-state index contributed by atoms with van der Waals surface area (Å²) in [5, 5.41) is 14.9. The largest absolute Gasteiger partial charge is 0.416 e. The summed E-state index contributed by atoms with van der Waals surface area (Å²) in [4.78, 5) is 0. The van der Waals surface area contributed by atoms with E-state index in [0.29, 0.717) is 0 Å². The molecule has 2 rings (SSSR count). The van der Waals surface area contributed by atoms with E-state index in [0.717, 1.165) is 36.4 Å². The van der Waals surface area contributed by atoms with Crippen molar-refractivity contribution in [2.45, 2.75) is 31.6 Å². The first kappa shape index (κ1) is 18.5. The van der Waals surface area contributed by atoms with Crippen LogP contribution in [-0.4, -0.2) is 36.4 Å². The molecule has 0 saturated carbocycles. The first-order valence-corrected chi connectivity index (χ1v) is 6.76. The summed E-state index contributed by atoms with van der Waals surface area (Å²) in [5.74, 6) is -1.49. The van der Waals surface area contributed by atoms with Gasteiger partial charge in [-0.25, -0.2) is 5.01 Å². The van der Waals surface area contributed by atoms with Gasteiger partial charge in [-0.05, 0) is 31.2 Å². The highest BCUT2D eigenvalue weighted by Gasteiger charge is 2.52. The van der Waals surface area contributed by atoms with Crippen LogP contribution in [0.5, 0.6) is 0 Å². The zero-order chi connectivity index (χ0) is 18.3. The average molecular weight is 356 g/mol. The van der Waals surface area contributed by atoms with Crippen LogP contribution < -0.4 is 5.01 Å². The van der Waals surface area contributed by atoms with E-state index < -0.39 is 36.2 Å². The molecule has 0 aromatic heterocycles. The number of nitrogens with zero attached hydrogens (tertiary/aromatic N) is 2. The second kappa shape index (κ2) is 6.25. The maximum absolute atomic E-state index is 13.0. The number of halogens is 6. The highest BCUT2D eigenvalue weighted by molar-refractivity contribution is 5.89. The standard InChI is InChI=1S/C14H14F6N2O2/c1-7-10(11(24-2)14(18,19)20)12(23)22(21-7)9-5-3-8(4-6-9)13(15,16)17/h3-6,10-12,23H,1-2H3. The van der Waals surface area contributed by atoms with Gasteiger partial charge in [-0.3, -0.25) is 0 Å². The summed E-state index contributed by atoms with van der Waals surface area (Å²) in [7, 11) is 0.860. The van der Waals surface area contributed by atoms with Crippen molar-refractivity contribution in [3.05, 3.63) is 29.8 Å². The Bertz CT molecular complexity index is 611. The van der Waals surface area contributed by atoms with Crippen LogP contribution in [0.4, 0.5) is 32.0 Å². The maximum Gasteiger partial charge on any atom is 0.416 e. The molecular formula is C14H14F6N2O2. The van der Waals surface area contributed by atoms with Gasteiger partial charge >= 0.3 is 12.4 Å². The molecule has 24 heavy (non-hydrogen) atoms. The van der Waals surface area contributed by atoms with Gasteiger partial charge in [0.1, 0.15) is 0 Å². The number of hydrogen-bond donors (Lipinski definition) is 1. The van der Waals surface area contributed by atoms with Crippen molar-refractivity contribution in [3.63, 3.8) is 0 Å². The number of anilines is 1. The second-order valence-electron chi connectivity index (χ2n) is 5.27. The fourth-order valence-corrected chi connectivity index (χ4v) is 2.54. The van der Waals surface area contributed by atoms with Crippen molar-refractivity contribution in [2.24, 2.45) is 11.0 Å². The number of rotatable bonds is 3. The molecule has 0 fully saturated rings. The van der Waals surface area contributed by atoms with E-state index in [1.165, 1.54) is 6.92 Å². The maximum atomic E-state index is 13.0. The monoisotopic (exact) mass is 356 g/mol. The molecular weight excluding hydrogens is 342 g/mol. The Labute approximate surface area is 133 Å². The smallest absolute Gasteiger partial charge is 0.371 e. The zero-order valence-electron chi connectivity index (χ0n) is 12.6. The Morgan fingerprint density at radius 3 is 2.08 bits per heavy atom. The molecule has 3 unspecified atom stereocenters. The first-order valence-electron chi connectivity index (χ1n) is 6.76. The Morgan fingerprint density at radius 1 is 1.12 bits per heavy atom. The quantitative estimate of drug-likeness (QED) is 0.845. The number of aliphatic hydroxyl groups is 1. The van der Waals surface area contributed by atoms with E-state index in [1.807, 2.05) is 0 Å². The zero-order valence-corrected chi connectivity index (χ0v) is 12.6. The van der Waals surface area contributed by atoms with Gasteiger partial charge in [0, 0.05) is 12.8 Å². The van der Waals surface area contributed by atoms with Gasteiger partial charge in [-0.2, -0.15) is 31.4 Å². The van der Waals surface area contributed by atoms with E-state index in [9.17, 15) is 31.4 Å². The second-order valence-corrected chi connectivity index (χ2v) is 5.27. The third-order valence-electron chi connectivity index (χ3n) is 3.68. The minimum Gasteiger partial charge on any atom is -0.371 e. The topological polar surface area (TPSA) is 45.1 Å². The molecule has 0 spiro atoms. The minimum absolute atomic E-state index is 0.0356. The number of aliphatic hydroxyl groups excluding tert-OH is 1. The van der Waals surface area contributed by atoms with Gasteiger partial charge in [0.25, 0.3) is 0 Å². The summed E-state index contributed by atoms with van der Waals surface area (Å²) in [6.07, 6.45) is -13.3. The fraction of sp³-hybridized carbons (Fsp3) is 0.500. The molecule has 1 N–H and O–H groups in total. The summed E-state index contributed by atoms with van der Waals surface area (Å²) >= 11 is 0. The molecule has 3 atom stereocenters. The average Bonchev–Trinajstić information content (AvgIpc) is 2.74. The molecule has 0 radical (unpaired) electrons. The van der Waals surface area contributed by atoms with E-state index in [-0.39, 0.29) is 11.4 Å². The number of ether oxygens (including phenoxy) is 1. The highest BCUT2D eigenvalue weighted by Crippen LogP contribution is 2.37. The molecule has 4 nitrogen and oxygen atoms in total. The summed E-state index contributed by atoms with van der Waals surface area (Å²) in [6, 6.07) is 3.58. The molecule has 1 aromatic rings. The van der Waals surface area contributed by atoms with E-state index in [2.05, 4.69) is 9.84 Å². The molecule has 1 aliphatic heterocycles. The lowest BCUT2D eigenvalue weighted by Gasteiger charge is -2.29. The van der Waals surface area contributed by atoms with Crippen LogP contribution in [0.3, 0.4) is 0 Å². The van der Waals surface area contributed by atoms with Gasteiger partial charge in [0.2, 0.25) is 0 Å². The lowest BCUT2D eigenvalue weighted by Crippen LogP contribution is -2.47. The molecule has 0 amide bonds. The van der Waals surface area contributed by atoms with Crippen molar-refractivity contribution in [1.82, 2.24) is 0 Å². The predicted molar refractivity (Wildman–Crippen MR) is 73.4 cm³/mol. The molecule has 10 heteroatoms. The van der Waals surface area contributed by atoms with Gasteiger partial charge < -0.3 is 9.84 Å². The van der Waals surface area contributed by atoms with Crippen molar-refractivity contribution in [3.8, 4) is 0 Å². The van der Waals surface area contributed by atoms with Crippen LogP contribution in [-0.2, 0) is 10.9 Å². The van der Waals surface area contributed by atoms with Crippen LogP contribution in [0.2, 0.25) is 0 Å². The van der Waals surface area contributed by atoms with E-state index >= 15 is 0 Å². The number of hydrazone groups is 1. The SMILES string of the molecule is COC(C1C(C)=NN(c2ccc(C(F)(F)F)cc2)C1O)C(F)(F)F. The first-order chi connectivity index (χ1) is 11.0. The number of hydrogen-bond acceptors (Lipinski definition) is 4. The molecule has 1 aromatic carbocycles. The molecule has 0 aliphatic carbocycles. The fourth-order valence-electron chi connectivity index (χ4n) is 2.54. The van der Waals surface area contributed by atoms with Crippen LogP contribution in [0.15, 0.2) is 29.4 Å². The van der Waals surface area contributed by atoms with Gasteiger partial charge in [-0.15, -0.1) is 0 Å². The summed E-state index contributed by atoms with van der Waals surface area (Å²) < 4.78 is 81.1. The van der Waals surface area contributed by atoms with Crippen LogP contribution in [0, 0.1) is 5.92 Å². The van der Waals surface area contributed by atoms with Crippen molar-refractivity contribution >= 4 is 11.4 Å². The Hall–Kier alpha value is -1.81. The number of methoxy groups -OCH3 is 1. The van der Waals surface area contributed by atoms with E-state index in [4.69, 9.17) is 0 Å². The van der Waals surface area contributed by atoms with Crippen LogP contribution in [0.1, 0.15) is 12.5 Å². The summed E-state index contributed by atoms with van der Waals surface area (Å²) in [6.45, 7) is 1.29. The lowest BCUT2D eigenvalue weighted by atomic mass is 9.95. The number of alkyl halides is 6. The van der Waals surface area contributed by atoms with Gasteiger partial charge in [-0.1, -0.05) is 0 Å². The van der Waals surface area contributed by atoms with Gasteiger partial charge in [0.15, 0.2) is 12.3 Å². The van der Waals surface area contributed by atoms with Gasteiger partial charge in [0.05, 0.1) is 17.2 Å². The molecule has 134 valence electrons. The summed E-state index contributed by atoms with van der Waals surface area (Å²) in [5.41, 5.74) is -0.914. The Morgan fingerprint density at radius 2 is 1.67 bits per heavy atom. The van der Waals surface area contributed by atoms with Crippen molar-refractivity contribution in [1.29, 1.82) is 0 Å². The number of benzene rings is 1. The molecule has 0 saturated heterocycles. The van der Waals surface area contributed by atoms with E-state index in [1.54, 1.807) is 0 Å². The predicted octanol–water partition coefficient (Wildman–Crippen LogP) is 3.41. The third-order valence-corrected chi connectivity index (χ3v) is 3.68. The molecule has 0 bridgehead atoms. The molecule has 1 heterocycles. The normalized spacial score (nSPS) is 23.4. The highest BCUT2D eigenvalue weighted by atomic mass is 19.4. The third kappa shape index (κ3) is 3.48. The van der Waals surface area contributed by atoms with Crippen molar-refractivity contribution < 1.29 is 36.2 Å². The minimum atomic E-state index is -4.73. The Balaban J connectivity index is 2.28. The van der Waals surface area contributed by atoms with Crippen LogP contribution in [0.25, 0.3) is 0 Å². The lowest BCUT2D eigenvalue weighted by molar-refractivity contribution is -0.228. The van der Waals surface area contributed by atoms with Crippen molar-refractivity contribution in [2.75, 3.05) is 12.1 Å².